The molecule has 5 nitrogen and oxygen atoms in total. The van der Waals surface area contributed by atoms with Crippen LogP contribution in [0.5, 0.6) is 5.75 Å². The molecule has 108 valence electrons. The summed E-state index contributed by atoms with van der Waals surface area (Å²) in [5, 5.41) is 0. The summed E-state index contributed by atoms with van der Waals surface area (Å²) in [5.41, 5.74) is 0. The van der Waals surface area contributed by atoms with Gasteiger partial charge in [0.2, 0.25) is 10.0 Å². The van der Waals surface area contributed by atoms with Gasteiger partial charge in [-0.1, -0.05) is 15.9 Å². The topological polar surface area (TPSA) is 64.6 Å². The Kier molecular flexibility index (Phi) is 6.25. The SMILES string of the molecule is CCOCC(C)NS(=O)(=O)c1cc(Br)ccc1OC. The molecule has 0 aliphatic rings. The Morgan fingerprint density at radius 1 is 1.42 bits per heavy atom. The zero-order valence-corrected chi connectivity index (χ0v) is 13.5. The van der Waals surface area contributed by atoms with Crippen LogP contribution in [0.25, 0.3) is 0 Å². The van der Waals surface area contributed by atoms with Gasteiger partial charge in [-0.3, -0.25) is 0 Å². The normalized spacial score (nSPS) is 13.3. The first-order valence-corrected chi connectivity index (χ1v) is 8.12. The molecule has 1 atom stereocenters. The highest BCUT2D eigenvalue weighted by Crippen LogP contribution is 2.27. The molecular formula is C12H18BrNO4S. The quantitative estimate of drug-likeness (QED) is 0.817. The molecule has 0 spiro atoms. The lowest BCUT2D eigenvalue weighted by molar-refractivity contribution is 0.133. The Bertz CT molecular complexity index is 518. The second-order valence-corrected chi connectivity index (χ2v) is 6.58. The molecule has 19 heavy (non-hydrogen) atoms. The van der Waals surface area contributed by atoms with Crippen LogP contribution in [0.1, 0.15) is 13.8 Å². The van der Waals surface area contributed by atoms with Crippen molar-refractivity contribution in [1.82, 2.24) is 4.72 Å². The van der Waals surface area contributed by atoms with E-state index in [0.717, 1.165) is 0 Å². The van der Waals surface area contributed by atoms with Gasteiger partial charge in [-0.2, -0.15) is 0 Å². The van der Waals surface area contributed by atoms with Crippen molar-refractivity contribution in [2.75, 3.05) is 20.3 Å². The lowest BCUT2D eigenvalue weighted by Gasteiger charge is -2.16. The number of sulfonamides is 1. The Morgan fingerprint density at radius 2 is 2.11 bits per heavy atom. The number of hydrogen-bond donors (Lipinski definition) is 1. The predicted octanol–water partition coefficient (Wildman–Crippen LogP) is 2.16. The van der Waals surface area contributed by atoms with E-state index in [1.165, 1.54) is 13.2 Å². The van der Waals surface area contributed by atoms with Gasteiger partial charge in [0.25, 0.3) is 0 Å². The van der Waals surface area contributed by atoms with Gasteiger partial charge in [0.15, 0.2) is 0 Å². The molecule has 1 N–H and O–H groups in total. The standard InChI is InChI=1S/C12H18BrNO4S/c1-4-18-8-9(2)14-19(15,16)12-7-10(13)5-6-11(12)17-3/h5-7,9,14H,4,8H2,1-3H3. The molecular weight excluding hydrogens is 334 g/mol. The van der Waals surface area contributed by atoms with Crippen LogP contribution >= 0.6 is 15.9 Å². The first-order chi connectivity index (χ1) is 8.90. The van der Waals surface area contributed by atoms with E-state index >= 15 is 0 Å². The van der Waals surface area contributed by atoms with Crippen molar-refractivity contribution >= 4 is 26.0 Å². The van der Waals surface area contributed by atoms with Gasteiger partial charge < -0.3 is 9.47 Å². The van der Waals surface area contributed by atoms with Gasteiger partial charge in [0.05, 0.1) is 13.7 Å². The van der Waals surface area contributed by atoms with Crippen molar-refractivity contribution in [3.63, 3.8) is 0 Å². The van der Waals surface area contributed by atoms with Gasteiger partial charge >= 0.3 is 0 Å². The second kappa shape index (κ2) is 7.23. The number of halogens is 1. The zero-order chi connectivity index (χ0) is 14.5. The van der Waals surface area contributed by atoms with E-state index in [9.17, 15) is 8.42 Å². The molecule has 1 aromatic carbocycles. The average molecular weight is 352 g/mol. The summed E-state index contributed by atoms with van der Waals surface area (Å²) >= 11 is 3.25. The fraction of sp³-hybridized carbons (Fsp3) is 0.500. The highest BCUT2D eigenvalue weighted by molar-refractivity contribution is 9.10. The Hall–Kier alpha value is -0.630. The summed E-state index contributed by atoms with van der Waals surface area (Å²) in [5.74, 6) is 0.305. The molecule has 0 bridgehead atoms. The fourth-order valence-corrected chi connectivity index (χ4v) is 3.45. The number of methoxy groups -OCH3 is 1. The van der Waals surface area contributed by atoms with E-state index in [0.29, 0.717) is 23.4 Å². The molecule has 1 rings (SSSR count). The van der Waals surface area contributed by atoms with Gasteiger partial charge in [-0.05, 0) is 32.0 Å². The monoisotopic (exact) mass is 351 g/mol. The summed E-state index contributed by atoms with van der Waals surface area (Å²) in [4.78, 5) is 0.104. The van der Waals surface area contributed by atoms with Crippen molar-refractivity contribution in [2.24, 2.45) is 0 Å². The highest BCUT2D eigenvalue weighted by atomic mass is 79.9. The summed E-state index contributed by atoms with van der Waals surface area (Å²) in [6.07, 6.45) is 0. The van der Waals surface area contributed by atoms with Crippen molar-refractivity contribution < 1.29 is 17.9 Å². The Labute approximate surface area is 122 Å². The molecule has 0 fully saturated rings. The van der Waals surface area contributed by atoms with Crippen LogP contribution in [0.3, 0.4) is 0 Å². The zero-order valence-electron chi connectivity index (χ0n) is 11.1. The minimum Gasteiger partial charge on any atom is -0.495 e. The molecule has 0 aromatic heterocycles. The molecule has 0 radical (unpaired) electrons. The summed E-state index contributed by atoms with van der Waals surface area (Å²) in [6.45, 7) is 4.48. The van der Waals surface area contributed by atoms with Gasteiger partial charge in [-0.15, -0.1) is 0 Å². The molecule has 7 heteroatoms. The number of benzene rings is 1. The summed E-state index contributed by atoms with van der Waals surface area (Å²) < 4.78 is 38.0. The molecule has 0 aliphatic heterocycles. The van der Waals surface area contributed by atoms with Crippen LogP contribution in [0.4, 0.5) is 0 Å². The summed E-state index contributed by atoms with van der Waals surface area (Å²) in [6, 6.07) is 4.52. The van der Waals surface area contributed by atoms with E-state index in [1.54, 1.807) is 19.1 Å². The minimum absolute atomic E-state index is 0.104. The van der Waals surface area contributed by atoms with E-state index in [-0.39, 0.29) is 10.9 Å². The lowest BCUT2D eigenvalue weighted by atomic mass is 10.3. The molecule has 0 saturated heterocycles. The van der Waals surface area contributed by atoms with Crippen LogP contribution in [0.2, 0.25) is 0 Å². The molecule has 0 aliphatic carbocycles. The van der Waals surface area contributed by atoms with E-state index in [4.69, 9.17) is 9.47 Å². The third-order valence-electron chi connectivity index (χ3n) is 2.34. The molecule has 0 heterocycles. The predicted molar refractivity (Wildman–Crippen MR) is 77.0 cm³/mol. The van der Waals surface area contributed by atoms with Crippen LogP contribution < -0.4 is 9.46 Å². The first kappa shape index (κ1) is 16.4. The smallest absolute Gasteiger partial charge is 0.244 e. The van der Waals surface area contributed by atoms with Gasteiger partial charge in [-0.25, -0.2) is 13.1 Å². The van der Waals surface area contributed by atoms with Crippen LogP contribution in [-0.4, -0.2) is 34.8 Å². The van der Waals surface area contributed by atoms with Crippen LogP contribution in [0.15, 0.2) is 27.6 Å². The maximum Gasteiger partial charge on any atom is 0.244 e. The van der Waals surface area contributed by atoms with Crippen molar-refractivity contribution in [3.8, 4) is 5.75 Å². The third-order valence-corrected chi connectivity index (χ3v) is 4.45. The minimum atomic E-state index is -3.64. The van der Waals surface area contributed by atoms with E-state index in [1.807, 2.05) is 6.92 Å². The van der Waals surface area contributed by atoms with E-state index in [2.05, 4.69) is 20.7 Å². The van der Waals surface area contributed by atoms with Crippen molar-refractivity contribution in [2.45, 2.75) is 24.8 Å². The van der Waals surface area contributed by atoms with Crippen LogP contribution in [0, 0.1) is 0 Å². The Balaban J connectivity index is 2.96. The molecule has 1 unspecified atom stereocenters. The number of rotatable bonds is 7. The van der Waals surface area contributed by atoms with Gasteiger partial charge in [0.1, 0.15) is 10.6 Å². The molecule has 1 aromatic rings. The number of ether oxygens (including phenoxy) is 2. The second-order valence-electron chi connectivity index (χ2n) is 3.98. The van der Waals surface area contributed by atoms with Crippen molar-refractivity contribution in [3.05, 3.63) is 22.7 Å². The molecule has 0 amide bonds. The van der Waals surface area contributed by atoms with Crippen LogP contribution in [-0.2, 0) is 14.8 Å². The maximum absolute atomic E-state index is 12.3. The average Bonchev–Trinajstić information content (AvgIpc) is 2.35. The number of nitrogens with one attached hydrogen (secondary N) is 1. The maximum atomic E-state index is 12.3. The largest absolute Gasteiger partial charge is 0.495 e. The molecule has 0 saturated carbocycles. The van der Waals surface area contributed by atoms with Crippen molar-refractivity contribution in [1.29, 1.82) is 0 Å². The van der Waals surface area contributed by atoms with E-state index < -0.39 is 10.0 Å². The first-order valence-electron chi connectivity index (χ1n) is 5.84. The lowest BCUT2D eigenvalue weighted by Crippen LogP contribution is -2.36. The Morgan fingerprint density at radius 3 is 2.68 bits per heavy atom. The third kappa shape index (κ3) is 4.76. The van der Waals surface area contributed by atoms with Gasteiger partial charge in [0, 0.05) is 17.1 Å². The number of hydrogen-bond acceptors (Lipinski definition) is 4. The highest BCUT2D eigenvalue weighted by Gasteiger charge is 2.22. The summed E-state index contributed by atoms with van der Waals surface area (Å²) in [7, 11) is -2.20. The fourth-order valence-electron chi connectivity index (χ4n) is 1.52.